The van der Waals surface area contributed by atoms with Gasteiger partial charge in [-0.3, -0.25) is 0 Å². The van der Waals surface area contributed by atoms with E-state index in [9.17, 15) is 4.79 Å². The van der Waals surface area contributed by atoms with Crippen LogP contribution in [0.4, 0.5) is 4.79 Å². The lowest BCUT2D eigenvalue weighted by Crippen LogP contribution is -2.32. The molecule has 1 aliphatic carbocycles. The number of hydrogen-bond acceptors (Lipinski definition) is 3. The van der Waals surface area contributed by atoms with Crippen molar-refractivity contribution in [1.29, 1.82) is 5.26 Å². The van der Waals surface area contributed by atoms with Gasteiger partial charge in [-0.1, -0.05) is 30.3 Å². The Bertz CT molecular complexity index is 460. The Morgan fingerprint density at radius 3 is 2.67 bits per heavy atom. The molecule has 0 atom stereocenters. The lowest BCUT2D eigenvalue weighted by Gasteiger charge is -2.19. The molecule has 0 unspecified atom stereocenters. The largest absolute Gasteiger partial charge is 0.445 e. The summed E-state index contributed by atoms with van der Waals surface area (Å²) in [5.41, 5.74) is 0.640. The van der Waals surface area contributed by atoms with Gasteiger partial charge >= 0.3 is 6.09 Å². The van der Waals surface area contributed by atoms with Crippen molar-refractivity contribution < 1.29 is 9.53 Å². The Balaban J connectivity index is 1.80. The van der Waals surface area contributed by atoms with Gasteiger partial charge in [0.25, 0.3) is 0 Å². The normalized spacial score (nSPS) is 15.6. The first-order chi connectivity index (χ1) is 8.65. The number of hydrogen-bond donors (Lipinski definition) is 0. The van der Waals surface area contributed by atoms with Gasteiger partial charge in [0.15, 0.2) is 0 Å². The molecule has 1 fully saturated rings. The Kier molecular flexibility index (Phi) is 3.52. The van der Waals surface area contributed by atoms with Crippen LogP contribution in [-0.4, -0.2) is 24.6 Å². The first kappa shape index (κ1) is 12.4. The van der Waals surface area contributed by atoms with Crippen LogP contribution in [0.3, 0.4) is 0 Å². The Morgan fingerprint density at radius 1 is 1.44 bits per heavy atom. The number of nitrogens with zero attached hydrogens (tertiary/aromatic N) is 2. The maximum absolute atomic E-state index is 11.7. The molecule has 0 spiro atoms. The molecule has 18 heavy (non-hydrogen) atoms. The van der Waals surface area contributed by atoms with Gasteiger partial charge in [0, 0.05) is 13.6 Å². The minimum Gasteiger partial charge on any atom is -0.445 e. The van der Waals surface area contributed by atoms with Crippen molar-refractivity contribution in [3.63, 3.8) is 0 Å². The predicted octanol–water partition coefficient (Wildman–Crippen LogP) is 2.56. The lowest BCUT2D eigenvalue weighted by molar-refractivity contribution is 0.101. The molecule has 0 bridgehead atoms. The van der Waals surface area contributed by atoms with Crippen molar-refractivity contribution in [1.82, 2.24) is 4.90 Å². The van der Waals surface area contributed by atoms with E-state index < -0.39 is 0 Å². The molecule has 2 rings (SSSR count). The van der Waals surface area contributed by atoms with Gasteiger partial charge in [-0.25, -0.2) is 4.79 Å². The molecule has 0 aromatic heterocycles. The number of benzene rings is 1. The van der Waals surface area contributed by atoms with Crippen LogP contribution >= 0.6 is 0 Å². The van der Waals surface area contributed by atoms with E-state index >= 15 is 0 Å². The zero-order valence-corrected chi connectivity index (χ0v) is 10.4. The average molecular weight is 244 g/mol. The smallest absolute Gasteiger partial charge is 0.409 e. The van der Waals surface area contributed by atoms with Crippen LogP contribution < -0.4 is 0 Å². The summed E-state index contributed by atoms with van der Waals surface area (Å²) in [6.45, 7) is 0.723. The zero-order valence-electron chi connectivity index (χ0n) is 10.4. The van der Waals surface area contributed by atoms with Crippen molar-refractivity contribution in [2.45, 2.75) is 19.4 Å². The van der Waals surface area contributed by atoms with Crippen LogP contribution in [-0.2, 0) is 11.3 Å². The van der Waals surface area contributed by atoms with Crippen LogP contribution in [0, 0.1) is 16.7 Å². The Hall–Kier alpha value is -2.02. The van der Waals surface area contributed by atoms with Gasteiger partial charge in [0.05, 0.1) is 11.5 Å². The maximum Gasteiger partial charge on any atom is 0.409 e. The SMILES string of the molecule is CN(CC1(C#N)CC1)C(=O)OCc1ccccc1. The van der Waals surface area contributed by atoms with Crippen LogP contribution in [0.2, 0.25) is 0 Å². The number of ether oxygens (including phenoxy) is 1. The summed E-state index contributed by atoms with van der Waals surface area (Å²) in [4.78, 5) is 13.2. The van der Waals surface area contributed by atoms with E-state index in [4.69, 9.17) is 10.00 Å². The van der Waals surface area contributed by atoms with Crippen molar-refractivity contribution in [3.8, 4) is 6.07 Å². The summed E-state index contributed by atoms with van der Waals surface area (Å²) in [6.07, 6.45) is 1.37. The van der Waals surface area contributed by atoms with E-state index in [1.165, 1.54) is 4.90 Å². The summed E-state index contributed by atoms with van der Waals surface area (Å²) >= 11 is 0. The Morgan fingerprint density at radius 2 is 2.11 bits per heavy atom. The highest BCUT2D eigenvalue weighted by atomic mass is 16.6. The molecule has 94 valence electrons. The third-order valence-corrected chi connectivity index (χ3v) is 3.15. The lowest BCUT2D eigenvalue weighted by atomic mass is 10.1. The van der Waals surface area contributed by atoms with Gasteiger partial charge < -0.3 is 9.64 Å². The van der Waals surface area contributed by atoms with Crippen molar-refractivity contribution >= 4 is 6.09 Å². The molecule has 1 aliphatic rings. The van der Waals surface area contributed by atoms with Gasteiger partial charge in [-0.15, -0.1) is 0 Å². The molecule has 0 aliphatic heterocycles. The fourth-order valence-electron chi connectivity index (χ4n) is 1.80. The summed E-state index contributed by atoms with van der Waals surface area (Å²) < 4.78 is 5.19. The number of rotatable bonds is 4. The standard InChI is InChI=1S/C14H16N2O2/c1-16(11-14(10-15)7-8-14)13(17)18-9-12-5-3-2-4-6-12/h2-6H,7-9,11H2,1H3. The molecule has 4 heteroatoms. The molecule has 0 N–H and O–H groups in total. The van der Waals surface area contributed by atoms with Gasteiger partial charge in [-0.2, -0.15) is 5.26 Å². The quantitative estimate of drug-likeness (QED) is 0.817. The molecule has 1 amide bonds. The minimum atomic E-state index is -0.375. The molecular formula is C14H16N2O2. The second-order valence-electron chi connectivity index (χ2n) is 4.79. The van der Waals surface area contributed by atoms with E-state index in [1.54, 1.807) is 7.05 Å². The number of amides is 1. The second-order valence-corrected chi connectivity index (χ2v) is 4.79. The molecule has 0 heterocycles. The van der Waals surface area contributed by atoms with E-state index in [1.807, 2.05) is 30.3 Å². The van der Waals surface area contributed by atoms with Gasteiger partial charge in [-0.05, 0) is 18.4 Å². The highest BCUT2D eigenvalue weighted by Gasteiger charge is 2.44. The highest BCUT2D eigenvalue weighted by Crippen LogP contribution is 2.45. The van der Waals surface area contributed by atoms with E-state index in [0.717, 1.165) is 18.4 Å². The number of nitriles is 1. The van der Waals surface area contributed by atoms with Gasteiger partial charge in [0.2, 0.25) is 0 Å². The van der Waals surface area contributed by atoms with Crippen molar-refractivity contribution in [2.75, 3.05) is 13.6 Å². The van der Waals surface area contributed by atoms with Crippen LogP contribution in [0.15, 0.2) is 30.3 Å². The maximum atomic E-state index is 11.7. The zero-order chi connectivity index (χ0) is 13.0. The topological polar surface area (TPSA) is 53.3 Å². The van der Waals surface area contributed by atoms with Crippen molar-refractivity contribution in [3.05, 3.63) is 35.9 Å². The summed E-state index contributed by atoms with van der Waals surface area (Å²) in [5.74, 6) is 0. The summed E-state index contributed by atoms with van der Waals surface area (Å²) in [7, 11) is 1.67. The number of carbonyl (C=O) groups is 1. The fourth-order valence-corrected chi connectivity index (χ4v) is 1.80. The first-order valence-electron chi connectivity index (χ1n) is 5.98. The van der Waals surface area contributed by atoms with E-state index in [0.29, 0.717) is 6.54 Å². The molecule has 0 radical (unpaired) electrons. The van der Waals surface area contributed by atoms with Crippen LogP contribution in [0.1, 0.15) is 18.4 Å². The predicted molar refractivity (Wildman–Crippen MR) is 66.5 cm³/mol. The summed E-state index contributed by atoms with van der Waals surface area (Å²) in [6, 6.07) is 11.8. The van der Waals surface area contributed by atoms with Crippen LogP contribution in [0.25, 0.3) is 0 Å². The fraction of sp³-hybridized carbons (Fsp3) is 0.429. The van der Waals surface area contributed by atoms with E-state index in [2.05, 4.69) is 6.07 Å². The molecule has 0 saturated heterocycles. The highest BCUT2D eigenvalue weighted by molar-refractivity contribution is 5.67. The summed E-state index contributed by atoms with van der Waals surface area (Å²) in [5, 5.41) is 8.97. The molecule has 1 aromatic rings. The van der Waals surface area contributed by atoms with Crippen LogP contribution in [0.5, 0.6) is 0 Å². The Labute approximate surface area is 107 Å². The third-order valence-electron chi connectivity index (χ3n) is 3.15. The third kappa shape index (κ3) is 3.01. The molecule has 4 nitrogen and oxygen atoms in total. The average Bonchev–Trinajstić information content (AvgIpc) is 3.17. The second kappa shape index (κ2) is 5.09. The minimum absolute atomic E-state index is 0.267. The first-order valence-corrected chi connectivity index (χ1v) is 5.98. The molecule has 1 saturated carbocycles. The molecule has 1 aromatic carbocycles. The monoisotopic (exact) mass is 244 g/mol. The number of carbonyl (C=O) groups excluding carboxylic acids is 1. The van der Waals surface area contributed by atoms with Gasteiger partial charge in [0.1, 0.15) is 6.61 Å². The van der Waals surface area contributed by atoms with E-state index in [-0.39, 0.29) is 18.1 Å². The van der Waals surface area contributed by atoms with Crippen molar-refractivity contribution in [2.24, 2.45) is 5.41 Å². The molecular weight excluding hydrogens is 228 g/mol.